The van der Waals surface area contributed by atoms with E-state index >= 15 is 0 Å². The molecule has 0 aliphatic rings. The average molecular weight is 118 g/mol. The van der Waals surface area contributed by atoms with Crippen LogP contribution in [0, 0.1) is 0 Å². The molecule has 0 aromatic rings. The topological polar surface area (TPSA) is 66.4 Å². The quantitative estimate of drug-likeness (QED) is 0.200. The van der Waals surface area contributed by atoms with Gasteiger partial charge in [0.1, 0.15) is 0 Å². The predicted octanol–water partition coefficient (Wildman–Crippen LogP) is -3.90. The molecule has 4 nitrogen and oxygen atoms in total. The molecule has 0 bridgehead atoms. The molecular weight excluding hydrogens is 115 g/mol. The molecular formula is CH3LiO4S. The molecule has 0 aromatic heterocycles. The van der Waals surface area contributed by atoms with Crippen LogP contribution in [0.2, 0.25) is 0 Å². The molecule has 0 N–H and O–H groups in total. The minimum atomic E-state index is -4.41. The van der Waals surface area contributed by atoms with Crippen molar-refractivity contribution >= 4 is 10.4 Å². The first-order valence-corrected chi connectivity index (χ1v) is 2.41. The van der Waals surface area contributed by atoms with Crippen LogP contribution in [-0.4, -0.2) is 20.1 Å². The van der Waals surface area contributed by atoms with Gasteiger partial charge in [-0.05, 0) is 0 Å². The SMILES string of the molecule is COS(=O)(=O)[O-].[Li+]. The molecule has 0 rings (SSSR count). The molecule has 0 unspecified atom stereocenters. The van der Waals surface area contributed by atoms with E-state index in [4.69, 9.17) is 0 Å². The summed E-state index contributed by atoms with van der Waals surface area (Å²) in [6.07, 6.45) is 0. The predicted molar refractivity (Wildman–Crippen MR) is 16.7 cm³/mol. The number of rotatable bonds is 1. The van der Waals surface area contributed by atoms with Crippen LogP contribution in [0.15, 0.2) is 0 Å². The summed E-state index contributed by atoms with van der Waals surface area (Å²) in [4.78, 5) is 0. The normalized spacial score (nSPS) is 10.0. The second kappa shape index (κ2) is 3.47. The van der Waals surface area contributed by atoms with Crippen LogP contribution in [0.4, 0.5) is 0 Å². The van der Waals surface area contributed by atoms with Crippen LogP contribution < -0.4 is 18.9 Å². The molecule has 0 aromatic carbocycles. The third-order valence-electron chi connectivity index (χ3n) is 0.204. The van der Waals surface area contributed by atoms with Gasteiger partial charge in [0.25, 0.3) is 0 Å². The summed E-state index contributed by atoms with van der Waals surface area (Å²) in [5, 5.41) is 0. The smallest absolute Gasteiger partial charge is 0.726 e. The summed E-state index contributed by atoms with van der Waals surface area (Å²) < 4.78 is 31.0. The van der Waals surface area contributed by atoms with Crippen molar-refractivity contribution in [1.29, 1.82) is 0 Å². The first-order valence-electron chi connectivity index (χ1n) is 1.07. The molecule has 0 radical (unpaired) electrons. The third kappa shape index (κ3) is 10.7. The number of hydrogen-bond donors (Lipinski definition) is 0. The summed E-state index contributed by atoms with van der Waals surface area (Å²) in [5.74, 6) is 0. The van der Waals surface area contributed by atoms with Crippen molar-refractivity contribution in [2.45, 2.75) is 0 Å². The Morgan fingerprint density at radius 2 is 1.71 bits per heavy atom. The Balaban J connectivity index is 0. The zero-order valence-corrected chi connectivity index (χ0v) is 4.86. The molecule has 0 aliphatic carbocycles. The van der Waals surface area contributed by atoms with Crippen LogP contribution in [0.25, 0.3) is 0 Å². The Bertz CT molecular complexity index is 114. The maximum absolute atomic E-state index is 9.22. The van der Waals surface area contributed by atoms with Crippen molar-refractivity contribution in [2.75, 3.05) is 7.11 Å². The van der Waals surface area contributed by atoms with Crippen molar-refractivity contribution in [3.8, 4) is 0 Å². The standard InChI is InChI=1S/CH4O4S.Li/c1-5-6(2,3)4;/h1H3,(H,2,3,4);/q;+1/p-1. The second-order valence-corrected chi connectivity index (χ2v) is 1.72. The summed E-state index contributed by atoms with van der Waals surface area (Å²) in [6, 6.07) is 0. The Labute approximate surface area is 54.0 Å². The number of hydrogen-bond acceptors (Lipinski definition) is 4. The minimum absolute atomic E-state index is 0. The van der Waals surface area contributed by atoms with Crippen molar-refractivity contribution in [3.63, 3.8) is 0 Å². The van der Waals surface area contributed by atoms with Gasteiger partial charge >= 0.3 is 18.9 Å². The van der Waals surface area contributed by atoms with Gasteiger partial charge in [0.2, 0.25) is 10.4 Å². The fourth-order valence-electron chi connectivity index (χ4n) is 0. The maximum atomic E-state index is 9.22. The molecule has 0 aliphatic heterocycles. The van der Waals surface area contributed by atoms with Gasteiger partial charge in [-0.25, -0.2) is 8.42 Å². The third-order valence-corrected chi connectivity index (χ3v) is 0.612. The van der Waals surface area contributed by atoms with E-state index in [9.17, 15) is 13.0 Å². The molecule has 0 fully saturated rings. The van der Waals surface area contributed by atoms with Gasteiger partial charge in [-0.15, -0.1) is 0 Å². The summed E-state index contributed by atoms with van der Waals surface area (Å²) in [7, 11) is -3.60. The molecule has 0 atom stereocenters. The van der Waals surface area contributed by atoms with Gasteiger partial charge in [-0.2, -0.15) is 0 Å². The van der Waals surface area contributed by atoms with Gasteiger partial charge < -0.3 is 4.55 Å². The zero-order valence-electron chi connectivity index (χ0n) is 4.04. The van der Waals surface area contributed by atoms with Gasteiger partial charge in [-0.3, -0.25) is 4.18 Å². The Morgan fingerprint density at radius 3 is 1.71 bits per heavy atom. The minimum Gasteiger partial charge on any atom is -0.726 e. The van der Waals surface area contributed by atoms with E-state index < -0.39 is 10.4 Å². The van der Waals surface area contributed by atoms with Gasteiger partial charge in [0.15, 0.2) is 0 Å². The van der Waals surface area contributed by atoms with E-state index in [-0.39, 0.29) is 18.9 Å². The summed E-state index contributed by atoms with van der Waals surface area (Å²) in [5.41, 5.74) is 0. The molecule has 0 saturated heterocycles. The molecule has 0 heterocycles. The Kier molecular flexibility index (Phi) is 5.18. The van der Waals surface area contributed by atoms with Crippen LogP contribution in [0.5, 0.6) is 0 Å². The second-order valence-electron chi connectivity index (χ2n) is 0.575. The summed E-state index contributed by atoms with van der Waals surface area (Å²) in [6.45, 7) is 0. The van der Waals surface area contributed by atoms with E-state index in [1.165, 1.54) is 0 Å². The molecule has 0 spiro atoms. The fraction of sp³-hybridized carbons (Fsp3) is 1.00. The Hall–Kier alpha value is 0.467. The van der Waals surface area contributed by atoms with Gasteiger partial charge in [-0.1, -0.05) is 0 Å². The van der Waals surface area contributed by atoms with Crippen LogP contribution in [-0.2, 0) is 14.6 Å². The van der Waals surface area contributed by atoms with E-state index in [0.717, 1.165) is 7.11 Å². The van der Waals surface area contributed by atoms with Crippen LogP contribution in [0.1, 0.15) is 0 Å². The zero-order chi connectivity index (χ0) is 5.21. The van der Waals surface area contributed by atoms with E-state index in [0.29, 0.717) is 0 Å². The van der Waals surface area contributed by atoms with Gasteiger partial charge in [0, 0.05) is 0 Å². The average Bonchev–Trinajstić information content (AvgIpc) is 1.35. The van der Waals surface area contributed by atoms with E-state index in [2.05, 4.69) is 4.18 Å². The monoisotopic (exact) mass is 118 g/mol. The first-order chi connectivity index (χ1) is 2.56. The van der Waals surface area contributed by atoms with E-state index in [1.807, 2.05) is 0 Å². The van der Waals surface area contributed by atoms with Gasteiger partial charge in [0.05, 0.1) is 7.11 Å². The van der Waals surface area contributed by atoms with Crippen molar-refractivity contribution in [3.05, 3.63) is 0 Å². The molecule has 0 saturated carbocycles. The molecule has 6 heteroatoms. The summed E-state index contributed by atoms with van der Waals surface area (Å²) >= 11 is 0. The molecule has 0 amide bonds. The van der Waals surface area contributed by atoms with Crippen molar-refractivity contribution in [1.82, 2.24) is 0 Å². The van der Waals surface area contributed by atoms with Crippen molar-refractivity contribution in [2.24, 2.45) is 0 Å². The van der Waals surface area contributed by atoms with Crippen LogP contribution in [0.3, 0.4) is 0 Å². The van der Waals surface area contributed by atoms with Crippen molar-refractivity contribution < 1.29 is 36.0 Å². The molecule has 38 valence electrons. The fourth-order valence-corrected chi connectivity index (χ4v) is 0. The van der Waals surface area contributed by atoms with Crippen LogP contribution >= 0.6 is 0 Å². The Morgan fingerprint density at radius 1 is 1.57 bits per heavy atom. The largest absolute Gasteiger partial charge is 1.00 e. The van der Waals surface area contributed by atoms with E-state index in [1.54, 1.807) is 0 Å². The first kappa shape index (κ1) is 10.4. The maximum Gasteiger partial charge on any atom is 1.00 e. The molecule has 7 heavy (non-hydrogen) atoms.